The Labute approximate surface area is 56.8 Å². The van der Waals surface area contributed by atoms with E-state index >= 15 is 0 Å². The van der Waals surface area contributed by atoms with Crippen molar-refractivity contribution in [2.45, 2.75) is 25.3 Å². The highest BCUT2D eigenvalue weighted by molar-refractivity contribution is 5.77. The Morgan fingerprint density at radius 2 is 2.20 bits per heavy atom. The Balaban J connectivity index is 4.00. The van der Waals surface area contributed by atoms with Gasteiger partial charge in [0.1, 0.15) is 5.54 Å². The molecule has 1 atom stereocenters. The SMILES string of the molecule is CC(N)(CC(F)F)C(=O)O. The van der Waals surface area contributed by atoms with Crippen LogP contribution in [0.3, 0.4) is 0 Å². The van der Waals surface area contributed by atoms with Crippen LogP contribution in [0.1, 0.15) is 13.3 Å². The molecule has 0 aromatic rings. The zero-order chi connectivity index (χ0) is 8.36. The number of carbonyl (C=O) groups is 1. The Kier molecular flexibility index (Phi) is 2.71. The molecule has 0 amide bonds. The van der Waals surface area contributed by atoms with E-state index in [0.29, 0.717) is 0 Å². The zero-order valence-corrected chi connectivity index (χ0v) is 5.47. The third kappa shape index (κ3) is 2.72. The summed E-state index contributed by atoms with van der Waals surface area (Å²) in [7, 11) is 0. The van der Waals surface area contributed by atoms with Gasteiger partial charge in [-0.15, -0.1) is 0 Å². The third-order valence-electron chi connectivity index (χ3n) is 1.07. The number of nitrogens with two attached hydrogens (primary N) is 1. The van der Waals surface area contributed by atoms with E-state index in [2.05, 4.69) is 0 Å². The van der Waals surface area contributed by atoms with Gasteiger partial charge < -0.3 is 10.8 Å². The van der Waals surface area contributed by atoms with Crippen molar-refractivity contribution in [2.75, 3.05) is 0 Å². The molecule has 0 aromatic carbocycles. The molecule has 0 rings (SSSR count). The normalized spacial score (nSPS) is 16.9. The molecule has 10 heavy (non-hydrogen) atoms. The average Bonchev–Trinajstić information content (AvgIpc) is 1.60. The fourth-order valence-electron chi connectivity index (χ4n) is 0.408. The van der Waals surface area contributed by atoms with E-state index in [1.165, 1.54) is 0 Å². The topological polar surface area (TPSA) is 63.3 Å². The van der Waals surface area contributed by atoms with Gasteiger partial charge in [-0.25, -0.2) is 8.78 Å². The first-order valence-corrected chi connectivity index (χ1v) is 2.66. The molecule has 5 heteroatoms. The molecule has 3 N–H and O–H groups in total. The van der Waals surface area contributed by atoms with Crippen molar-refractivity contribution in [3.05, 3.63) is 0 Å². The predicted molar refractivity (Wildman–Crippen MR) is 30.8 cm³/mol. The third-order valence-corrected chi connectivity index (χ3v) is 1.07. The summed E-state index contributed by atoms with van der Waals surface area (Å²) in [5.41, 5.74) is 3.17. The van der Waals surface area contributed by atoms with E-state index in [1.54, 1.807) is 0 Å². The molecule has 0 aliphatic heterocycles. The molecular weight excluding hydrogens is 144 g/mol. The minimum absolute atomic E-state index is 0.817. The summed E-state index contributed by atoms with van der Waals surface area (Å²) in [6.07, 6.45) is -3.49. The number of carboxylic acid groups (broad SMARTS) is 1. The molecule has 0 bridgehead atoms. The molecule has 0 saturated heterocycles. The summed E-state index contributed by atoms with van der Waals surface area (Å²) in [4.78, 5) is 10.1. The zero-order valence-electron chi connectivity index (χ0n) is 5.47. The van der Waals surface area contributed by atoms with Crippen molar-refractivity contribution < 1.29 is 18.7 Å². The molecule has 0 saturated carbocycles. The maximum Gasteiger partial charge on any atom is 0.323 e. The number of halogens is 2. The summed E-state index contributed by atoms with van der Waals surface area (Å²) in [6.45, 7) is 1.06. The first kappa shape index (κ1) is 9.29. The first-order valence-electron chi connectivity index (χ1n) is 2.66. The van der Waals surface area contributed by atoms with E-state index in [9.17, 15) is 13.6 Å². The van der Waals surface area contributed by atoms with Gasteiger partial charge >= 0.3 is 5.97 Å². The second-order valence-corrected chi connectivity index (χ2v) is 2.32. The summed E-state index contributed by atoms with van der Waals surface area (Å²) in [5, 5.41) is 8.23. The minimum Gasteiger partial charge on any atom is -0.480 e. The van der Waals surface area contributed by atoms with Gasteiger partial charge in [0.25, 0.3) is 0 Å². The van der Waals surface area contributed by atoms with E-state index in [1.807, 2.05) is 0 Å². The van der Waals surface area contributed by atoms with Crippen LogP contribution < -0.4 is 5.73 Å². The van der Waals surface area contributed by atoms with Crippen LogP contribution in [0.15, 0.2) is 0 Å². The van der Waals surface area contributed by atoms with E-state index in [-0.39, 0.29) is 0 Å². The van der Waals surface area contributed by atoms with Gasteiger partial charge in [-0.05, 0) is 6.92 Å². The van der Waals surface area contributed by atoms with Crippen molar-refractivity contribution in [1.82, 2.24) is 0 Å². The second kappa shape index (κ2) is 2.92. The molecule has 0 fully saturated rings. The van der Waals surface area contributed by atoms with Crippen LogP contribution in [0.5, 0.6) is 0 Å². The van der Waals surface area contributed by atoms with E-state index < -0.39 is 24.4 Å². The van der Waals surface area contributed by atoms with Crippen LogP contribution in [-0.2, 0) is 4.79 Å². The average molecular weight is 153 g/mol. The van der Waals surface area contributed by atoms with Gasteiger partial charge in [0.2, 0.25) is 6.43 Å². The standard InChI is InChI=1S/C5H9F2NO2/c1-5(8,4(9)10)2-3(6)7/h3H,2,8H2,1H3,(H,9,10). The number of aliphatic carboxylic acids is 1. The van der Waals surface area contributed by atoms with Crippen LogP contribution in [0.25, 0.3) is 0 Å². The van der Waals surface area contributed by atoms with Crippen molar-refractivity contribution >= 4 is 5.97 Å². The fraction of sp³-hybridized carbons (Fsp3) is 0.800. The van der Waals surface area contributed by atoms with Crippen molar-refractivity contribution in [1.29, 1.82) is 0 Å². The van der Waals surface area contributed by atoms with E-state index in [0.717, 1.165) is 6.92 Å². The van der Waals surface area contributed by atoms with Gasteiger partial charge in [0.15, 0.2) is 0 Å². The van der Waals surface area contributed by atoms with Crippen LogP contribution >= 0.6 is 0 Å². The van der Waals surface area contributed by atoms with Gasteiger partial charge in [-0.3, -0.25) is 4.79 Å². The highest BCUT2D eigenvalue weighted by Crippen LogP contribution is 2.12. The maximum atomic E-state index is 11.5. The lowest BCUT2D eigenvalue weighted by atomic mass is 10.0. The largest absolute Gasteiger partial charge is 0.480 e. The lowest BCUT2D eigenvalue weighted by Crippen LogP contribution is -2.46. The molecule has 3 nitrogen and oxygen atoms in total. The van der Waals surface area contributed by atoms with Gasteiger partial charge in [-0.1, -0.05) is 0 Å². The van der Waals surface area contributed by atoms with Crippen molar-refractivity contribution in [2.24, 2.45) is 5.73 Å². The molecule has 0 aliphatic carbocycles. The van der Waals surface area contributed by atoms with Crippen LogP contribution in [0.4, 0.5) is 8.78 Å². The minimum atomic E-state index is -2.67. The lowest BCUT2D eigenvalue weighted by molar-refractivity contribution is -0.144. The number of carboxylic acids is 1. The molecule has 60 valence electrons. The number of alkyl halides is 2. The van der Waals surface area contributed by atoms with Crippen LogP contribution in [0, 0.1) is 0 Å². The summed E-state index contributed by atoms with van der Waals surface area (Å²) >= 11 is 0. The Morgan fingerprint density at radius 3 is 2.30 bits per heavy atom. The van der Waals surface area contributed by atoms with Crippen molar-refractivity contribution in [3.8, 4) is 0 Å². The van der Waals surface area contributed by atoms with Crippen LogP contribution in [-0.4, -0.2) is 23.0 Å². The van der Waals surface area contributed by atoms with Crippen LogP contribution in [0.2, 0.25) is 0 Å². The second-order valence-electron chi connectivity index (χ2n) is 2.32. The Hall–Kier alpha value is -0.710. The maximum absolute atomic E-state index is 11.5. The highest BCUT2D eigenvalue weighted by atomic mass is 19.3. The summed E-state index contributed by atoms with van der Waals surface area (Å²) < 4.78 is 23.1. The highest BCUT2D eigenvalue weighted by Gasteiger charge is 2.31. The number of hydrogen-bond donors (Lipinski definition) is 2. The lowest BCUT2D eigenvalue weighted by Gasteiger charge is -2.17. The Morgan fingerprint density at radius 1 is 1.80 bits per heavy atom. The number of hydrogen-bond acceptors (Lipinski definition) is 2. The smallest absolute Gasteiger partial charge is 0.323 e. The molecule has 0 heterocycles. The van der Waals surface area contributed by atoms with Gasteiger partial charge in [0, 0.05) is 6.42 Å². The van der Waals surface area contributed by atoms with E-state index in [4.69, 9.17) is 10.8 Å². The molecule has 0 radical (unpaired) electrons. The molecule has 0 spiro atoms. The number of rotatable bonds is 3. The molecular formula is C5H9F2NO2. The molecule has 0 aromatic heterocycles. The van der Waals surface area contributed by atoms with Crippen molar-refractivity contribution in [3.63, 3.8) is 0 Å². The summed E-state index contributed by atoms with van der Waals surface area (Å²) in [6, 6.07) is 0. The quantitative estimate of drug-likeness (QED) is 0.618. The fourth-order valence-corrected chi connectivity index (χ4v) is 0.408. The first-order chi connectivity index (χ1) is 4.36. The molecule has 1 unspecified atom stereocenters. The summed E-state index contributed by atoms with van der Waals surface area (Å²) in [5.74, 6) is -1.41. The molecule has 0 aliphatic rings. The monoisotopic (exact) mass is 153 g/mol. The predicted octanol–water partition coefficient (Wildman–Crippen LogP) is 0.444. The Bertz CT molecular complexity index is 136. The van der Waals surface area contributed by atoms with Gasteiger partial charge in [-0.2, -0.15) is 0 Å². The van der Waals surface area contributed by atoms with Gasteiger partial charge in [0.05, 0.1) is 0 Å².